The van der Waals surface area contributed by atoms with E-state index in [1.54, 1.807) is 18.2 Å². The molecule has 114 valence electrons. The molecule has 0 saturated carbocycles. The summed E-state index contributed by atoms with van der Waals surface area (Å²) >= 11 is 5.95. The zero-order valence-corrected chi connectivity index (χ0v) is 12.3. The third-order valence-electron chi connectivity index (χ3n) is 3.38. The second kappa shape index (κ2) is 6.62. The van der Waals surface area contributed by atoms with Gasteiger partial charge in [-0.15, -0.1) is 0 Å². The number of morpholine rings is 1. The van der Waals surface area contributed by atoms with Crippen LogP contribution in [0.4, 0.5) is 0 Å². The third kappa shape index (κ3) is 3.65. The molecule has 0 bridgehead atoms. The maximum Gasteiger partial charge on any atom is 0.262 e. The minimum atomic E-state index is -0.589. The quantitative estimate of drug-likeness (QED) is 0.903. The van der Waals surface area contributed by atoms with Crippen LogP contribution >= 0.6 is 11.6 Å². The first-order chi connectivity index (χ1) is 10.2. The second-order valence-corrected chi connectivity index (χ2v) is 5.44. The second-order valence-electron chi connectivity index (χ2n) is 5.01. The van der Waals surface area contributed by atoms with Crippen molar-refractivity contribution in [1.82, 2.24) is 10.1 Å². The summed E-state index contributed by atoms with van der Waals surface area (Å²) < 4.78 is 16.0. The number of β-amino-alcohol motifs (C(OH)–C–C–N with tert-alkyl or cyclic N) is 1. The lowest BCUT2D eigenvalue weighted by Gasteiger charge is -2.28. The minimum absolute atomic E-state index is 0.158. The molecule has 1 fully saturated rings. The van der Waals surface area contributed by atoms with Crippen LogP contribution in [0.3, 0.4) is 0 Å². The van der Waals surface area contributed by atoms with Gasteiger partial charge in [0.15, 0.2) is 5.58 Å². The van der Waals surface area contributed by atoms with Crippen LogP contribution in [0.2, 0.25) is 5.02 Å². The van der Waals surface area contributed by atoms with Crippen LogP contribution in [-0.4, -0.2) is 60.7 Å². The molecule has 1 saturated heterocycles. The molecule has 1 aromatic carbocycles. The van der Waals surface area contributed by atoms with Crippen LogP contribution < -0.4 is 4.74 Å². The Kier molecular flexibility index (Phi) is 4.60. The van der Waals surface area contributed by atoms with Gasteiger partial charge in [0, 0.05) is 24.7 Å². The van der Waals surface area contributed by atoms with Gasteiger partial charge in [0.2, 0.25) is 0 Å². The van der Waals surface area contributed by atoms with Crippen LogP contribution in [0, 0.1) is 0 Å². The topological polar surface area (TPSA) is 68.0 Å². The first-order valence-electron chi connectivity index (χ1n) is 6.88. The molecule has 1 unspecified atom stereocenters. The predicted octanol–water partition coefficient (Wildman–Crippen LogP) is 1.55. The molecule has 1 N–H and O–H groups in total. The zero-order chi connectivity index (χ0) is 14.7. The van der Waals surface area contributed by atoms with Gasteiger partial charge in [0.1, 0.15) is 12.7 Å². The molecule has 1 aromatic heterocycles. The molecule has 0 radical (unpaired) electrons. The van der Waals surface area contributed by atoms with E-state index in [0.29, 0.717) is 41.6 Å². The summed E-state index contributed by atoms with van der Waals surface area (Å²) in [5.41, 5.74) is 0.608. The fraction of sp³-hybridized carbons (Fsp3) is 0.500. The van der Waals surface area contributed by atoms with Crippen molar-refractivity contribution in [3.63, 3.8) is 0 Å². The Morgan fingerprint density at radius 3 is 3.00 bits per heavy atom. The van der Waals surface area contributed by atoms with E-state index < -0.39 is 6.10 Å². The molecule has 3 rings (SSSR count). The summed E-state index contributed by atoms with van der Waals surface area (Å²) in [6, 6.07) is 5.20. The number of aliphatic hydroxyl groups excluding tert-OH is 1. The molecule has 0 spiro atoms. The van der Waals surface area contributed by atoms with Gasteiger partial charge in [-0.25, -0.2) is 0 Å². The van der Waals surface area contributed by atoms with Crippen LogP contribution in [0.15, 0.2) is 22.7 Å². The molecule has 1 atom stereocenters. The molecule has 7 heteroatoms. The van der Waals surface area contributed by atoms with E-state index in [0.717, 1.165) is 13.1 Å². The summed E-state index contributed by atoms with van der Waals surface area (Å²) in [4.78, 5) is 2.15. The van der Waals surface area contributed by atoms with Gasteiger partial charge in [0.25, 0.3) is 5.88 Å². The summed E-state index contributed by atoms with van der Waals surface area (Å²) in [7, 11) is 0. The average molecular weight is 313 g/mol. The van der Waals surface area contributed by atoms with Crippen LogP contribution in [0.25, 0.3) is 11.0 Å². The van der Waals surface area contributed by atoms with E-state index in [1.807, 2.05) is 0 Å². The monoisotopic (exact) mass is 312 g/mol. The largest absolute Gasteiger partial charge is 0.472 e. The zero-order valence-electron chi connectivity index (χ0n) is 11.5. The van der Waals surface area contributed by atoms with Crippen LogP contribution in [0.1, 0.15) is 0 Å². The van der Waals surface area contributed by atoms with Gasteiger partial charge >= 0.3 is 0 Å². The van der Waals surface area contributed by atoms with E-state index in [4.69, 9.17) is 25.6 Å². The van der Waals surface area contributed by atoms with E-state index in [2.05, 4.69) is 10.1 Å². The van der Waals surface area contributed by atoms with E-state index >= 15 is 0 Å². The van der Waals surface area contributed by atoms with Gasteiger partial charge in [-0.3, -0.25) is 4.90 Å². The van der Waals surface area contributed by atoms with Gasteiger partial charge in [0.05, 0.1) is 18.6 Å². The van der Waals surface area contributed by atoms with Gasteiger partial charge < -0.3 is 19.1 Å². The highest BCUT2D eigenvalue weighted by Gasteiger charge is 2.17. The van der Waals surface area contributed by atoms with Crippen LogP contribution in [0.5, 0.6) is 5.88 Å². The number of hydrogen-bond acceptors (Lipinski definition) is 6. The Balaban J connectivity index is 1.56. The Bertz CT molecular complexity index is 598. The molecule has 1 aliphatic heterocycles. The molecule has 21 heavy (non-hydrogen) atoms. The summed E-state index contributed by atoms with van der Waals surface area (Å²) in [5.74, 6) is 0.355. The smallest absolute Gasteiger partial charge is 0.262 e. The average Bonchev–Trinajstić information content (AvgIpc) is 2.88. The molecule has 0 aliphatic carbocycles. The van der Waals surface area contributed by atoms with Crippen molar-refractivity contribution < 1.29 is 19.1 Å². The van der Waals surface area contributed by atoms with Gasteiger partial charge in [-0.1, -0.05) is 11.6 Å². The molecule has 2 aromatic rings. The number of rotatable bonds is 5. The Morgan fingerprint density at radius 1 is 1.38 bits per heavy atom. The predicted molar refractivity (Wildman–Crippen MR) is 77.8 cm³/mol. The summed E-state index contributed by atoms with van der Waals surface area (Å²) in [5, 5.41) is 15.2. The normalized spacial score (nSPS) is 18.0. The fourth-order valence-electron chi connectivity index (χ4n) is 2.30. The lowest BCUT2D eigenvalue weighted by atomic mass is 10.2. The number of halogens is 1. The number of hydrogen-bond donors (Lipinski definition) is 1. The molecule has 0 amide bonds. The number of ether oxygens (including phenoxy) is 2. The van der Waals surface area contributed by atoms with E-state index in [-0.39, 0.29) is 6.61 Å². The van der Waals surface area contributed by atoms with Crippen molar-refractivity contribution in [1.29, 1.82) is 0 Å². The Labute approximate surface area is 127 Å². The maximum absolute atomic E-state index is 10.0. The molecule has 2 heterocycles. The summed E-state index contributed by atoms with van der Waals surface area (Å²) in [6.07, 6.45) is -0.589. The SMILES string of the molecule is OC(COc1noc2ccc(Cl)cc12)CN1CCOCC1. The minimum Gasteiger partial charge on any atom is -0.472 e. The van der Waals surface area contributed by atoms with Gasteiger partial charge in [-0.2, -0.15) is 0 Å². The van der Waals surface area contributed by atoms with Crippen LogP contribution in [-0.2, 0) is 4.74 Å². The van der Waals surface area contributed by atoms with E-state index in [1.165, 1.54) is 0 Å². The van der Waals surface area contributed by atoms with Gasteiger partial charge in [-0.05, 0) is 23.4 Å². The molecular weight excluding hydrogens is 296 g/mol. The number of nitrogens with zero attached hydrogens (tertiary/aromatic N) is 2. The van der Waals surface area contributed by atoms with Crippen molar-refractivity contribution in [2.24, 2.45) is 0 Å². The van der Waals surface area contributed by atoms with Crippen molar-refractivity contribution in [2.75, 3.05) is 39.5 Å². The van der Waals surface area contributed by atoms with Crippen molar-refractivity contribution >= 4 is 22.6 Å². The number of aromatic nitrogens is 1. The highest BCUT2D eigenvalue weighted by Crippen LogP contribution is 2.27. The standard InChI is InChI=1S/C14H17ClN2O4/c15-10-1-2-13-12(7-10)14(16-21-13)20-9-11(18)8-17-3-5-19-6-4-17/h1-2,7,11,18H,3-6,8-9H2. The Morgan fingerprint density at radius 2 is 2.19 bits per heavy atom. The maximum atomic E-state index is 10.0. The first kappa shape index (κ1) is 14.6. The summed E-state index contributed by atoms with van der Waals surface area (Å²) in [6.45, 7) is 3.80. The number of fused-ring (bicyclic) bond motifs is 1. The van der Waals surface area contributed by atoms with Crippen molar-refractivity contribution in [3.8, 4) is 5.88 Å². The lowest BCUT2D eigenvalue weighted by molar-refractivity contribution is 0.00410. The van der Waals surface area contributed by atoms with Crippen molar-refractivity contribution in [3.05, 3.63) is 23.2 Å². The highest BCUT2D eigenvalue weighted by atomic mass is 35.5. The third-order valence-corrected chi connectivity index (χ3v) is 3.62. The lowest BCUT2D eigenvalue weighted by Crippen LogP contribution is -2.42. The number of benzene rings is 1. The van der Waals surface area contributed by atoms with E-state index in [9.17, 15) is 5.11 Å². The molecule has 6 nitrogen and oxygen atoms in total. The first-order valence-corrected chi connectivity index (χ1v) is 7.26. The molecule has 1 aliphatic rings. The molecular formula is C14H17ClN2O4. The fourth-order valence-corrected chi connectivity index (χ4v) is 2.47. The Hall–Kier alpha value is -1.34. The number of aliphatic hydroxyl groups is 1. The van der Waals surface area contributed by atoms with Crippen molar-refractivity contribution in [2.45, 2.75) is 6.10 Å². The highest BCUT2D eigenvalue weighted by molar-refractivity contribution is 6.31.